The Morgan fingerprint density at radius 3 is 3.07 bits per heavy atom. The van der Waals surface area contributed by atoms with Crippen LogP contribution >= 0.6 is 0 Å². The van der Waals surface area contributed by atoms with Crippen molar-refractivity contribution in [2.75, 3.05) is 0 Å². The monoisotopic (exact) mass is 186 g/mol. The Bertz CT molecular complexity index is 466. The van der Waals surface area contributed by atoms with Gasteiger partial charge in [-0.1, -0.05) is 6.92 Å². The second kappa shape index (κ2) is 2.84. The third kappa shape index (κ3) is 1.07. The molecule has 72 valence electrons. The van der Waals surface area contributed by atoms with Gasteiger partial charge >= 0.3 is 0 Å². The molecular formula is C12H14N2. The molecule has 0 saturated heterocycles. The molecule has 2 aromatic rings. The summed E-state index contributed by atoms with van der Waals surface area (Å²) >= 11 is 0. The lowest BCUT2D eigenvalue weighted by Gasteiger charge is -1.99. The van der Waals surface area contributed by atoms with Gasteiger partial charge in [0.25, 0.3) is 0 Å². The van der Waals surface area contributed by atoms with Crippen molar-refractivity contribution in [3.8, 4) is 0 Å². The molecule has 0 spiro atoms. The van der Waals surface area contributed by atoms with Crippen molar-refractivity contribution in [3.05, 3.63) is 30.1 Å². The number of pyridine rings is 1. The van der Waals surface area contributed by atoms with E-state index in [4.69, 9.17) is 0 Å². The normalized spacial score (nSPS) is 16.4. The number of fused-ring (bicyclic) bond motifs is 1. The fourth-order valence-electron chi connectivity index (χ4n) is 2.06. The second-order valence-corrected chi connectivity index (χ2v) is 4.02. The Balaban J connectivity index is 2.28. The second-order valence-electron chi connectivity index (χ2n) is 4.02. The van der Waals surface area contributed by atoms with E-state index in [2.05, 4.69) is 28.7 Å². The van der Waals surface area contributed by atoms with Crippen LogP contribution < -0.4 is 0 Å². The van der Waals surface area contributed by atoms with Crippen molar-refractivity contribution < 1.29 is 0 Å². The zero-order chi connectivity index (χ0) is 9.54. The summed E-state index contributed by atoms with van der Waals surface area (Å²) in [5.74, 6) is 0. The summed E-state index contributed by atoms with van der Waals surface area (Å²) in [5.41, 5.74) is 2.60. The fraction of sp³-hybridized carbons (Fsp3) is 0.417. The number of hydrogen-bond donors (Lipinski definition) is 0. The van der Waals surface area contributed by atoms with E-state index in [0.29, 0.717) is 0 Å². The number of nitrogens with zero attached hydrogens (tertiary/aromatic N) is 2. The molecule has 14 heavy (non-hydrogen) atoms. The van der Waals surface area contributed by atoms with Gasteiger partial charge in [-0.15, -0.1) is 0 Å². The van der Waals surface area contributed by atoms with Crippen molar-refractivity contribution in [3.63, 3.8) is 0 Å². The largest absolute Gasteiger partial charge is 0.329 e. The van der Waals surface area contributed by atoms with Crippen LogP contribution in [-0.2, 0) is 6.42 Å². The van der Waals surface area contributed by atoms with E-state index in [0.717, 1.165) is 12.5 Å². The predicted molar refractivity (Wildman–Crippen MR) is 57.4 cm³/mol. The third-order valence-electron chi connectivity index (χ3n) is 2.99. The smallest absolute Gasteiger partial charge is 0.140 e. The number of aromatic nitrogens is 2. The topological polar surface area (TPSA) is 17.8 Å². The van der Waals surface area contributed by atoms with Crippen LogP contribution in [0.4, 0.5) is 0 Å². The summed E-state index contributed by atoms with van der Waals surface area (Å²) in [4.78, 5) is 4.47. The molecule has 1 fully saturated rings. The maximum atomic E-state index is 4.47. The van der Waals surface area contributed by atoms with Crippen LogP contribution in [0.1, 0.15) is 31.4 Å². The van der Waals surface area contributed by atoms with E-state index in [9.17, 15) is 0 Å². The van der Waals surface area contributed by atoms with Crippen molar-refractivity contribution in [1.29, 1.82) is 0 Å². The minimum atomic E-state index is 0.729. The summed E-state index contributed by atoms with van der Waals surface area (Å²) < 4.78 is 2.36. The standard InChI is InChI=1S/C12H14N2/c1-2-9-8-14(10-5-6-10)12-11(9)4-3-7-13-12/h3-4,7-8,10H,2,5-6H2,1H3. The van der Waals surface area contributed by atoms with Gasteiger partial charge in [0.05, 0.1) is 0 Å². The number of aryl methyl sites for hydroxylation is 1. The molecule has 0 aliphatic heterocycles. The molecule has 3 rings (SSSR count). The fourth-order valence-corrected chi connectivity index (χ4v) is 2.06. The average Bonchev–Trinajstić information content (AvgIpc) is 3.00. The lowest BCUT2D eigenvalue weighted by molar-refractivity contribution is 0.762. The van der Waals surface area contributed by atoms with Crippen molar-refractivity contribution >= 4 is 11.0 Å². The molecule has 2 nitrogen and oxygen atoms in total. The van der Waals surface area contributed by atoms with E-state index in [1.165, 1.54) is 29.4 Å². The Hall–Kier alpha value is -1.31. The van der Waals surface area contributed by atoms with Gasteiger partial charge in [-0.05, 0) is 37.0 Å². The molecule has 0 N–H and O–H groups in total. The van der Waals surface area contributed by atoms with Crippen LogP contribution in [0.2, 0.25) is 0 Å². The van der Waals surface area contributed by atoms with Gasteiger partial charge in [0.1, 0.15) is 5.65 Å². The van der Waals surface area contributed by atoms with E-state index in [1.54, 1.807) is 0 Å². The van der Waals surface area contributed by atoms with Crippen molar-refractivity contribution in [1.82, 2.24) is 9.55 Å². The molecule has 0 bridgehead atoms. The maximum absolute atomic E-state index is 4.47. The predicted octanol–water partition coefficient (Wildman–Crippen LogP) is 2.93. The molecule has 0 radical (unpaired) electrons. The molecular weight excluding hydrogens is 172 g/mol. The quantitative estimate of drug-likeness (QED) is 0.705. The number of rotatable bonds is 2. The van der Waals surface area contributed by atoms with Crippen LogP contribution in [0.25, 0.3) is 11.0 Å². The summed E-state index contributed by atoms with van der Waals surface area (Å²) in [6, 6.07) is 4.94. The van der Waals surface area contributed by atoms with Gasteiger partial charge < -0.3 is 4.57 Å². The Labute approximate surface area is 83.6 Å². The molecule has 1 aliphatic carbocycles. The first-order valence-corrected chi connectivity index (χ1v) is 5.34. The van der Waals surface area contributed by atoms with E-state index >= 15 is 0 Å². The SMILES string of the molecule is CCc1cn(C2CC2)c2ncccc12. The molecule has 0 atom stereocenters. The van der Waals surface area contributed by atoms with E-state index < -0.39 is 0 Å². The van der Waals surface area contributed by atoms with Crippen molar-refractivity contribution in [2.45, 2.75) is 32.2 Å². The highest BCUT2D eigenvalue weighted by Gasteiger charge is 2.25. The first-order valence-electron chi connectivity index (χ1n) is 5.34. The molecule has 1 saturated carbocycles. The van der Waals surface area contributed by atoms with Crippen LogP contribution in [0.15, 0.2) is 24.5 Å². The van der Waals surface area contributed by atoms with Gasteiger partial charge in [-0.25, -0.2) is 4.98 Å². The van der Waals surface area contributed by atoms with E-state index in [-0.39, 0.29) is 0 Å². The van der Waals surface area contributed by atoms with E-state index in [1.807, 2.05) is 12.3 Å². The molecule has 2 heteroatoms. The first-order chi connectivity index (χ1) is 6.90. The molecule has 2 aromatic heterocycles. The highest BCUT2D eigenvalue weighted by molar-refractivity contribution is 5.80. The minimum absolute atomic E-state index is 0.729. The third-order valence-corrected chi connectivity index (χ3v) is 2.99. The van der Waals surface area contributed by atoms with Crippen LogP contribution in [0.5, 0.6) is 0 Å². The van der Waals surface area contributed by atoms with Crippen molar-refractivity contribution in [2.24, 2.45) is 0 Å². The summed E-state index contributed by atoms with van der Waals surface area (Å²) in [6.45, 7) is 2.21. The maximum Gasteiger partial charge on any atom is 0.140 e. The van der Waals surface area contributed by atoms with Gasteiger partial charge in [0.2, 0.25) is 0 Å². The molecule has 0 amide bonds. The van der Waals surface area contributed by atoms with Gasteiger partial charge in [0, 0.05) is 23.8 Å². The zero-order valence-corrected chi connectivity index (χ0v) is 8.40. The summed E-state index contributed by atoms with van der Waals surface area (Å²) in [7, 11) is 0. The van der Waals surface area contributed by atoms with Gasteiger partial charge in [-0.2, -0.15) is 0 Å². The minimum Gasteiger partial charge on any atom is -0.329 e. The highest BCUT2D eigenvalue weighted by Crippen LogP contribution is 2.38. The molecule has 2 heterocycles. The van der Waals surface area contributed by atoms with Gasteiger partial charge in [0.15, 0.2) is 0 Å². The lowest BCUT2D eigenvalue weighted by Crippen LogP contribution is -1.91. The Morgan fingerprint density at radius 1 is 1.50 bits per heavy atom. The number of hydrogen-bond acceptors (Lipinski definition) is 1. The zero-order valence-electron chi connectivity index (χ0n) is 8.40. The lowest BCUT2D eigenvalue weighted by atomic mass is 10.2. The molecule has 0 aromatic carbocycles. The average molecular weight is 186 g/mol. The van der Waals surface area contributed by atoms with Crippen LogP contribution in [0.3, 0.4) is 0 Å². The molecule has 0 unspecified atom stereocenters. The Morgan fingerprint density at radius 2 is 2.36 bits per heavy atom. The van der Waals surface area contributed by atoms with Crippen LogP contribution in [0, 0.1) is 0 Å². The first kappa shape index (κ1) is 8.04. The highest BCUT2D eigenvalue weighted by atomic mass is 15.1. The molecule has 1 aliphatic rings. The summed E-state index contributed by atoms with van der Waals surface area (Å²) in [6.07, 6.45) is 7.92. The van der Waals surface area contributed by atoms with Gasteiger partial charge in [-0.3, -0.25) is 0 Å². The van der Waals surface area contributed by atoms with Crippen LogP contribution in [-0.4, -0.2) is 9.55 Å². The summed E-state index contributed by atoms with van der Waals surface area (Å²) in [5, 5.41) is 1.34. The Kier molecular flexibility index (Phi) is 1.63.